The van der Waals surface area contributed by atoms with E-state index in [1.54, 1.807) is 0 Å². The summed E-state index contributed by atoms with van der Waals surface area (Å²) in [5.74, 6) is 1.24. The third kappa shape index (κ3) is 3.39. The van der Waals surface area contributed by atoms with Gasteiger partial charge in [-0.3, -0.25) is 4.79 Å². The van der Waals surface area contributed by atoms with E-state index in [4.69, 9.17) is 9.47 Å². The Bertz CT molecular complexity index is 419. The van der Waals surface area contributed by atoms with Gasteiger partial charge in [0.05, 0.1) is 13.7 Å². The lowest BCUT2D eigenvalue weighted by atomic mass is 9.90. The minimum absolute atomic E-state index is 0.135. The van der Waals surface area contributed by atoms with Crippen LogP contribution in [-0.2, 0) is 14.3 Å². The van der Waals surface area contributed by atoms with Gasteiger partial charge in [0.25, 0.3) is 0 Å². The number of amides is 1. The Morgan fingerprint density at radius 1 is 1.14 bits per heavy atom. The van der Waals surface area contributed by atoms with Gasteiger partial charge in [0.15, 0.2) is 0 Å². The molecule has 0 spiro atoms. The summed E-state index contributed by atoms with van der Waals surface area (Å²) in [4.78, 5) is 25.6. The van der Waals surface area contributed by atoms with Crippen LogP contribution in [0.4, 0.5) is 4.79 Å². The predicted octanol–water partition coefficient (Wildman–Crippen LogP) is 2.98. The number of rotatable bonds is 4. The molecule has 124 valence electrons. The molecule has 2 bridgehead atoms. The van der Waals surface area contributed by atoms with Gasteiger partial charge in [0.1, 0.15) is 0 Å². The van der Waals surface area contributed by atoms with Crippen molar-refractivity contribution in [2.75, 3.05) is 20.3 Å². The van der Waals surface area contributed by atoms with Crippen molar-refractivity contribution < 1.29 is 19.1 Å². The lowest BCUT2D eigenvalue weighted by Gasteiger charge is -2.31. The molecule has 5 nitrogen and oxygen atoms in total. The van der Waals surface area contributed by atoms with E-state index in [0.29, 0.717) is 30.8 Å². The van der Waals surface area contributed by atoms with Crippen LogP contribution in [0.15, 0.2) is 0 Å². The van der Waals surface area contributed by atoms with Crippen LogP contribution in [0.2, 0.25) is 0 Å². The number of esters is 1. The first-order valence-electron chi connectivity index (χ1n) is 8.67. The van der Waals surface area contributed by atoms with Gasteiger partial charge < -0.3 is 14.4 Å². The average molecular weight is 309 g/mol. The van der Waals surface area contributed by atoms with Crippen molar-refractivity contribution in [3.8, 4) is 0 Å². The number of ether oxygens (including phenoxy) is 2. The molecule has 0 N–H and O–H groups in total. The van der Waals surface area contributed by atoms with Crippen molar-refractivity contribution in [2.45, 2.75) is 57.4 Å². The van der Waals surface area contributed by atoms with Crippen molar-refractivity contribution in [1.29, 1.82) is 0 Å². The molecule has 0 aromatic heterocycles. The number of carbonyl (C=O) groups excluding carboxylic acids is 2. The zero-order valence-corrected chi connectivity index (χ0v) is 13.5. The van der Waals surface area contributed by atoms with Gasteiger partial charge in [0, 0.05) is 19.0 Å². The molecule has 2 saturated carbocycles. The molecule has 0 aromatic rings. The van der Waals surface area contributed by atoms with Crippen LogP contribution in [0.1, 0.15) is 51.4 Å². The largest absolute Gasteiger partial charge is 0.469 e. The fourth-order valence-electron chi connectivity index (χ4n) is 4.46. The summed E-state index contributed by atoms with van der Waals surface area (Å²) in [5, 5.41) is 0. The van der Waals surface area contributed by atoms with E-state index in [2.05, 4.69) is 0 Å². The van der Waals surface area contributed by atoms with Crippen LogP contribution in [0.3, 0.4) is 0 Å². The quantitative estimate of drug-likeness (QED) is 0.749. The summed E-state index contributed by atoms with van der Waals surface area (Å²) in [6, 6.07) is 0.263. The van der Waals surface area contributed by atoms with Crippen molar-refractivity contribution >= 4 is 12.1 Å². The second-order valence-corrected chi connectivity index (χ2v) is 7.16. The molecule has 1 aliphatic heterocycles. The number of piperidine rings is 1. The molecule has 0 radical (unpaired) electrons. The minimum Gasteiger partial charge on any atom is -0.469 e. The smallest absolute Gasteiger partial charge is 0.410 e. The highest BCUT2D eigenvalue weighted by atomic mass is 16.6. The van der Waals surface area contributed by atoms with Crippen molar-refractivity contribution in [3.63, 3.8) is 0 Å². The summed E-state index contributed by atoms with van der Waals surface area (Å²) in [6.45, 7) is 1.33. The van der Waals surface area contributed by atoms with Crippen LogP contribution in [0.25, 0.3) is 0 Å². The van der Waals surface area contributed by atoms with Crippen molar-refractivity contribution in [1.82, 2.24) is 4.90 Å². The monoisotopic (exact) mass is 309 g/mol. The Hall–Kier alpha value is -1.26. The van der Waals surface area contributed by atoms with E-state index in [0.717, 1.165) is 19.4 Å². The molecule has 22 heavy (non-hydrogen) atoms. The van der Waals surface area contributed by atoms with E-state index in [1.807, 2.05) is 4.90 Å². The topological polar surface area (TPSA) is 55.8 Å². The standard InChI is InChI=1S/C17H27NO4/c1-21-16(19)9-13-7-15-8-14(13)10-18(15)17(20)22-11-12-5-3-2-4-6-12/h12-15H,2-11H2,1H3. The number of carbonyl (C=O) groups is 2. The number of hydrogen-bond donors (Lipinski definition) is 0. The van der Waals surface area contributed by atoms with Crippen LogP contribution < -0.4 is 0 Å². The first-order valence-corrected chi connectivity index (χ1v) is 8.67. The van der Waals surface area contributed by atoms with E-state index >= 15 is 0 Å². The number of fused-ring (bicyclic) bond motifs is 2. The normalized spacial score (nSPS) is 31.3. The maximum Gasteiger partial charge on any atom is 0.410 e. The summed E-state index contributed by atoms with van der Waals surface area (Å²) in [7, 11) is 1.43. The Kier molecular flexibility index (Phi) is 4.89. The highest BCUT2D eigenvalue weighted by molar-refractivity contribution is 5.70. The molecule has 3 unspecified atom stereocenters. The summed E-state index contributed by atoms with van der Waals surface area (Å²) >= 11 is 0. The molecule has 3 atom stereocenters. The van der Waals surface area contributed by atoms with Gasteiger partial charge >= 0.3 is 12.1 Å². The van der Waals surface area contributed by atoms with Crippen LogP contribution >= 0.6 is 0 Å². The lowest BCUT2D eigenvalue weighted by Crippen LogP contribution is -2.41. The number of methoxy groups -OCH3 is 1. The van der Waals surface area contributed by atoms with Crippen molar-refractivity contribution in [3.05, 3.63) is 0 Å². The van der Waals surface area contributed by atoms with Gasteiger partial charge in [-0.2, -0.15) is 0 Å². The predicted molar refractivity (Wildman–Crippen MR) is 81.3 cm³/mol. The third-order valence-corrected chi connectivity index (χ3v) is 5.75. The molecular weight excluding hydrogens is 282 g/mol. The number of nitrogens with zero attached hydrogens (tertiary/aromatic N) is 1. The van der Waals surface area contributed by atoms with Gasteiger partial charge in [-0.25, -0.2) is 4.79 Å². The van der Waals surface area contributed by atoms with Crippen LogP contribution in [-0.4, -0.2) is 43.3 Å². The maximum atomic E-state index is 12.3. The van der Waals surface area contributed by atoms with E-state index in [-0.39, 0.29) is 18.1 Å². The van der Waals surface area contributed by atoms with Gasteiger partial charge in [-0.05, 0) is 43.4 Å². The molecule has 3 fully saturated rings. The van der Waals surface area contributed by atoms with Crippen LogP contribution in [0, 0.1) is 17.8 Å². The second-order valence-electron chi connectivity index (χ2n) is 7.16. The molecule has 1 saturated heterocycles. The number of likely N-dealkylation sites (tertiary alicyclic amines) is 1. The fourth-order valence-corrected chi connectivity index (χ4v) is 4.46. The molecule has 1 amide bonds. The highest BCUT2D eigenvalue weighted by Crippen LogP contribution is 2.44. The van der Waals surface area contributed by atoms with E-state index in [1.165, 1.54) is 39.2 Å². The van der Waals surface area contributed by atoms with Crippen LogP contribution in [0.5, 0.6) is 0 Å². The zero-order chi connectivity index (χ0) is 15.5. The van der Waals surface area contributed by atoms with Gasteiger partial charge in [0.2, 0.25) is 0 Å². The first kappa shape index (κ1) is 15.6. The second kappa shape index (κ2) is 6.88. The molecule has 3 rings (SSSR count). The molecular formula is C17H27NO4. The summed E-state index contributed by atoms with van der Waals surface area (Å²) in [6.07, 6.45) is 8.52. The highest BCUT2D eigenvalue weighted by Gasteiger charge is 2.47. The SMILES string of the molecule is COC(=O)CC1CC2CC1CN2C(=O)OCC1CCCCC1. The molecule has 5 heteroatoms. The fraction of sp³-hybridized carbons (Fsp3) is 0.882. The zero-order valence-electron chi connectivity index (χ0n) is 13.5. The van der Waals surface area contributed by atoms with Gasteiger partial charge in [-0.1, -0.05) is 19.3 Å². The van der Waals surface area contributed by atoms with E-state index < -0.39 is 0 Å². The molecule has 2 aliphatic carbocycles. The Morgan fingerprint density at radius 2 is 1.91 bits per heavy atom. The number of hydrogen-bond acceptors (Lipinski definition) is 4. The molecule has 0 aromatic carbocycles. The average Bonchev–Trinajstić information content (AvgIpc) is 3.13. The Balaban J connectivity index is 1.43. The van der Waals surface area contributed by atoms with Crippen molar-refractivity contribution in [2.24, 2.45) is 17.8 Å². The van der Waals surface area contributed by atoms with E-state index in [9.17, 15) is 9.59 Å². The Morgan fingerprint density at radius 3 is 2.55 bits per heavy atom. The lowest BCUT2D eigenvalue weighted by molar-refractivity contribution is -0.142. The minimum atomic E-state index is -0.144. The van der Waals surface area contributed by atoms with Gasteiger partial charge in [-0.15, -0.1) is 0 Å². The molecule has 1 heterocycles. The Labute approximate surface area is 132 Å². The first-order chi connectivity index (χ1) is 10.7. The third-order valence-electron chi connectivity index (χ3n) is 5.75. The summed E-state index contributed by atoms with van der Waals surface area (Å²) < 4.78 is 10.3. The summed E-state index contributed by atoms with van der Waals surface area (Å²) in [5.41, 5.74) is 0. The maximum absolute atomic E-state index is 12.3. The molecule has 3 aliphatic rings.